The van der Waals surface area contributed by atoms with Crippen molar-refractivity contribution in [3.63, 3.8) is 0 Å². The number of hydrogen-bond acceptors (Lipinski definition) is 5. The minimum atomic E-state index is 0. The minimum absolute atomic E-state index is 0. The first-order valence-electron chi connectivity index (χ1n) is 5.74. The Kier molecular flexibility index (Phi) is 8.14. The van der Waals surface area contributed by atoms with Crippen LogP contribution in [0.5, 0.6) is 0 Å². The summed E-state index contributed by atoms with van der Waals surface area (Å²) >= 11 is 1.53. The van der Waals surface area contributed by atoms with E-state index in [1.807, 2.05) is 0 Å². The number of nitrogens with two attached hydrogens (primary N) is 1. The SMILES string of the molecule is CN(C)C1CCN(Cc2csc(N)n2)CC1.Cl.Cl. The Morgan fingerprint density at radius 3 is 2.44 bits per heavy atom. The molecular weight excluding hydrogens is 291 g/mol. The lowest BCUT2D eigenvalue weighted by Crippen LogP contribution is -2.41. The van der Waals surface area contributed by atoms with Crippen LogP contribution in [0.15, 0.2) is 5.38 Å². The maximum absolute atomic E-state index is 5.63. The van der Waals surface area contributed by atoms with Gasteiger partial charge in [0, 0.05) is 31.1 Å². The average Bonchev–Trinajstić information content (AvgIpc) is 2.65. The number of halogens is 2. The first-order valence-corrected chi connectivity index (χ1v) is 6.62. The molecule has 1 fully saturated rings. The third kappa shape index (κ3) is 4.90. The van der Waals surface area contributed by atoms with Gasteiger partial charge in [-0.15, -0.1) is 36.2 Å². The standard InChI is InChI=1S/C11H20N4S.2ClH/c1-14(2)10-3-5-15(6-4-10)7-9-8-16-11(12)13-9;;/h8,10H,3-7H2,1-2H3,(H2,12,13);2*1H. The molecule has 0 unspecified atom stereocenters. The highest BCUT2D eigenvalue weighted by Gasteiger charge is 2.20. The second kappa shape index (κ2) is 8.17. The normalized spacial score (nSPS) is 17.3. The van der Waals surface area contributed by atoms with Crippen molar-refractivity contribution in [1.29, 1.82) is 0 Å². The number of anilines is 1. The highest BCUT2D eigenvalue weighted by Crippen LogP contribution is 2.18. The zero-order valence-electron chi connectivity index (χ0n) is 10.8. The first kappa shape index (κ1) is 17.9. The van der Waals surface area contributed by atoms with Crippen LogP contribution in [-0.4, -0.2) is 48.0 Å². The van der Waals surface area contributed by atoms with Crippen LogP contribution in [0.3, 0.4) is 0 Å². The van der Waals surface area contributed by atoms with E-state index in [-0.39, 0.29) is 24.8 Å². The molecule has 1 saturated heterocycles. The third-order valence-electron chi connectivity index (χ3n) is 3.24. The number of piperidine rings is 1. The van der Waals surface area contributed by atoms with Gasteiger partial charge in [-0.3, -0.25) is 4.90 Å². The second-order valence-corrected chi connectivity index (χ2v) is 5.54. The Morgan fingerprint density at radius 1 is 1.39 bits per heavy atom. The zero-order chi connectivity index (χ0) is 11.5. The van der Waals surface area contributed by atoms with Gasteiger partial charge < -0.3 is 10.6 Å². The van der Waals surface area contributed by atoms with Crippen LogP contribution in [0.25, 0.3) is 0 Å². The van der Waals surface area contributed by atoms with Crippen molar-refractivity contribution in [3.05, 3.63) is 11.1 Å². The molecule has 4 nitrogen and oxygen atoms in total. The Bertz CT molecular complexity index is 338. The summed E-state index contributed by atoms with van der Waals surface area (Å²) in [5.41, 5.74) is 6.74. The van der Waals surface area contributed by atoms with Gasteiger partial charge in [-0.2, -0.15) is 0 Å². The summed E-state index contributed by atoms with van der Waals surface area (Å²) in [4.78, 5) is 9.10. The maximum atomic E-state index is 5.63. The van der Waals surface area contributed by atoms with Crippen molar-refractivity contribution in [2.45, 2.75) is 25.4 Å². The van der Waals surface area contributed by atoms with Crippen molar-refractivity contribution < 1.29 is 0 Å². The summed E-state index contributed by atoms with van der Waals surface area (Å²) < 4.78 is 0. The van der Waals surface area contributed by atoms with E-state index in [1.54, 1.807) is 0 Å². The Balaban J connectivity index is 0.00000144. The maximum Gasteiger partial charge on any atom is 0.180 e. The van der Waals surface area contributed by atoms with Crippen LogP contribution >= 0.6 is 36.2 Å². The molecule has 106 valence electrons. The monoisotopic (exact) mass is 312 g/mol. The summed E-state index contributed by atoms with van der Waals surface area (Å²) in [6.45, 7) is 3.29. The van der Waals surface area contributed by atoms with Gasteiger partial charge in [0.05, 0.1) is 5.69 Å². The van der Waals surface area contributed by atoms with E-state index in [9.17, 15) is 0 Å². The van der Waals surface area contributed by atoms with Crippen molar-refractivity contribution in [1.82, 2.24) is 14.8 Å². The van der Waals surface area contributed by atoms with Crippen LogP contribution in [0.1, 0.15) is 18.5 Å². The van der Waals surface area contributed by atoms with Gasteiger partial charge in [0.1, 0.15) is 0 Å². The molecule has 7 heteroatoms. The second-order valence-electron chi connectivity index (χ2n) is 4.65. The van der Waals surface area contributed by atoms with Gasteiger partial charge in [0.2, 0.25) is 0 Å². The van der Waals surface area contributed by atoms with Gasteiger partial charge in [-0.05, 0) is 26.9 Å². The van der Waals surface area contributed by atoms with Gasteiger partial charge in [-0.25, -0.2) is 4.98 Å². The predicted molar refractivity (Wildman–Crippen MR) is 83.0 cm³/mol. The highest BCUT2D eigenvalue weighted by atomic mass is 35.5. The van der Waals surface area contributed by atoms with Crippen molar-refractivity contribution in [2.24, 2.45) is 0 Å². The number of likely N-dealkylation sites (tertiary alicyclic amines) is 1. The first-order chi connectivity index (χ1) is 7.65. The predicted octanol–water partition coefficient (Wildman–Crippen LogP) is 2.09. The number of rotatable bonds is 3. The number of aromatic nitrogens is 1. The molecule has 1 aliphatic heterocycles. The topological polar surface area (TPSA) is 45.4 Å². The van der Waals surface area contributed by atoms with E-state index in [0.717, 1.165) is 18.3 Å². The van der Waals surface area contributed by atoms with Gasteiger partial charge in [0.25, 0.3) is 0 Å². The van der Waals surface area contributed by atoms with Crippen molar-refractivity contribution >= 4 is 41.3 Å². The van der Waals surface area contributed by atoms with Crippen LogP contribution in [0, 0.1) is 0 Å². The fourth-order valence-corrected chi connectivity index (χ4v) is 2.77. The van der Waals surface area contributed by atoms with E-state index < -0.39 is 0 Å². The highest BCUT2D eigenvalue weighted by molar-refractivity contribution is 7.13. The molecule has 18 heavy (non-hydrogen) atoms. The lowest BCUT2D eigenvalue weighted by molar-refractivity contribution is 0.139. The largest absolute Gasteiger partial charge is 0.375 e. The molecule has 1 aliphatic rings. The molecule has 0 bridgehead atoms. The smallest absolute Gasteiger partial charge is 0.180 e. The fraction of sp³-hybridized carbons (Fsp3) is 0.727. The van der Waals surface area contributed by atoms with Crippen LogP contribution < -0.4 is 5.73 Å². The number of nitrogen functional groups attached to an aromatic ring is 1. The molecule has 2 N–H and O–H groups in total. The number of thiazole rings is 1. The molecule has 2 rings (SSSR count). The van der Waals surface area contributed by atoms with Gasteiger partial charge in [0.15, 0.2) is 5.13 Å². The van der Waals surface area contributed by atoms with E-state index in [0.29, 0.717) is 5.13 Å². The third-order valence-corrected chi connectivity index (χ3v) is 3.97. The van der Waals surface area contributed by atoms with Gasteiger partial charge >= 0.3 is 0 Å². The van der Waals surface area contributed by atoms with Gasteiger partial charge in [-0.1, -0.05) is 0 Å². The summed E-state index contributed by atoms with van der Waals surface area (Å²) in [7, 11) is 4.34. The number of nitrogens with zero attached hydrogens (tertiary/aromatic N) is 3. The summed E-state index contributed by atoms with van der Waals surface area (Å²) in [6.07, 6.45) is 2.51. The molecule has 0 aromatic carbocycles. The molecule has 1 aromatic heterocycles. The zero-order valence-corrected chi connectivity index (χ0v) is 13.3. The fourth-order valence-electron chi connectivity index (χ4n) is 2.22. The molecule has 0 amide bonds. The molecule has 0 saturated carbocycles. The number of hydrogen-bond donors (Lipinski definition) is 1. The molecule has 2 heterocycles. The molecule has 0 aliphatic carbocycles. The Labute approximate surface area is 125 Å². The van der Waals surface area contributed by atoms with E-state index in [2.05, 4.69) is 34.3 Å². The summed E-state index contributed by atoms with van der Waals surface area (Å²) in [5.74, 6) is 0. The quantitative estimate of drug-likeness (QED) is 0.928. The summed E-state index contributed by atoms with van der Waals surface area (Å²) in [6, 6.07) is 0.747. The lowest BCUT2D eigenvalue weighted by atomic mass is 10.0. The Morgan fingerprint density at radius 2 is 2.00 bits per heavy atom. The molecule has 0 spiro atoms. The van der Waals surface area contributed by atoms with Crippen LogP contribution in [-0.2, 0) is 6.54 Å². The average molecular weight is 313 g/mol. The Hall–Kier alpha value is -0.0700. The lowest BCUT2D eigenvalue weighted by Gasteiger charge is -2.34. The van der Waals surface area contributed by atoms with E-state index in [4.69, 9.17) is 5.73 Å². The molecular formula is C11H22Cl2N4S. The molecule has 0 radical (unpaired) electrons. The van der Waals surface area contributed by atoms with Crippen molar-refractivity contribution in [2.75, 3.05) is 32.9 Å². The molecule has 0 atom stereocenters. The minimum Gasteiger partial charge on any atom is -0.375 e. The van der Waals surface area contributed by atoms with E-state index in [1.165, 1.54) is 37.3 Å². The van der Waals surface area contributed by atoms with Crippen molar-refractivity contribution in [3.8, 4) is 0 Å². The van der Waals surface area contributed by atoms with Crippen LogP contribution in [0.4, 0.5) is 5.13 Å². The summed E-state index contributed by atoms with van der Waals surface area (Å²) in [5, 5.41) is 2.74. The molecule has 1 aromatic rings. The van der Waals surface area contributed by atoms with E-state index >= 15 is 0 Å². The van der Waals surface area contributed by atoms with Crippen LogP contribution in [0.2, 0.25) is 0 Å².